The van der Waals surface area contributed by atoms with Crippen LogP contribution in [0.4, 0.5) is 6.01 Å². The Bertz CT molecular complexity index is 413. The number of rotatable bonds is 2. The predicted molar refractivity (Wildman–Crippen MR) is 56.4 cm³/mol. The zero-order valence-electron chi connectivity index (χ0n) is 8.80. The molecule has 3 aliphatic rings. The normalized spacial score (nSPS) is 31.6. The summed E-state index contributed by atoms with van der Waals surface area (Å²) in [6, 6.07) is 0.190. The minimum Gasteiger partial charge on any atom is -0.411 e. The van der Waals surface area contributed by atoms with Gasteiger partial charge in [-0.2, -0.15) is 0 Å². The van der Waals surface area contributed by atoms with Gasteiger partial charge in [-0.05, 0) is 31.1 Å². The Labute approximate surface area is 92.9 Å². The van der Waals surface area contributed by atoms with Gasteiger partial charge in [0.15, 0.2) is 0 Å². The van der Waals surface area contributed by atoms with Crippen LogP contribution in [-0.4, -0.2) is 16.1 Å². The van der Waals surface area contributed by atoms with E-state index in [1.165, 1.54) is 12.8 Å². The number of fused-ring (bicyclic) bond motifs is 2. The van der Waals surface area contributed by atoms with Gasteiger partial charge < -0.3 is 4.42 Å². The van der Waals surface area contributed by atoms with Crippen LogP contribution in [0.1, 0.15) is 19.3 Å². The van der Waals surface area contributed by atoms with Gasteiger partial charge in [0.05, 0.1) is 0 Å². The largest absolute Gasteiger partial charge is 0.411 e. The third kappa shape index (κ3) is 1.62. The number of nitrogens with zero attached hydrogens (tertiary/aromatic N) is 2. The SMILES string of the molecule is O=C(Nc1nnco1)[C@@H]1C[C@@H]2C=C[C@H]1CC2. The van der Waals surface area contributed by atoms with Crippen molar-refractivity contribution in [1.29, 1.82) is 0 Å². The Balaban J connectivity index is 1.70. The van der Waals surface area contributed by atoms with Gasteiger partial charge in [0.1, 0.15) is 0 Å². The van der Waals surface area contributed by atoms with Crippen LogP contribution in [0.5, 0.6) is 0 Å². The molecule has 3 aliphatic carbocycles. The van der Waals surface area contributed by atoms with Crippen molar-refractivity contribution in [3.8, 4) is 0 Å². The maximum absolute atomic E-state index is 12.0. The van der Waals surface area contributed by atoms with E-state index in [1.54, 1.807) is 0 Å². The molecule has 16 heavy (non-hydrogen) atoms. The zero-order valence-corrected chi connectivity index (χ0v) is 8.80. The Hall–Kier alpha value is -1.65. The lowest BCUT2D eigenvalue weighted by Gasteiger charge is -2.36. The molecule has 1 aromatic rings. The monoisotopic (exact) mass is 219 g/mol. The lowest BCUT2D eigenvalue weighted by Crippen LogP contribution is -2.36. The fourth-order valence-corrected chi connectivity index (χ4v) is 2.66. The molecule has 1 fully saturated rings. The molecule has 1 amide bonds. The number of anilines is 1. The van der Waals surface area contributed by atoms with Crippen LogP contribution in [0.25, 0.3) is 0 Å². The van der Waals surface area contributed by atoms with Gasteiger partial charge in [-0.1, -0.05) is 17.3 Å². The molecule has 0 saturated heterocycles. The average Bonchev–Trinajstić information content (AvgIpc) is 2.83. The van der Waals surface area contributed by atoms with Gasteiger partial charge in [0, 0.05) is 5.92 Å². The van der Waals surface area contributed by atoms with Crippen molar-refractivity contribution < 1.29 is 9.21 Å². The molecule has 0 spiro atoms. The number of amides is 1. The van der Waals surface area contributed by atoms with E-state index in [1.807, 2.05) is 0 Å². The van der Waals surface area contributed by atoms with Crippen molar-refractivity contribution in [3.05, 3.63) is 18.5 Å². The van der Waals surface area contributed by atoms with E-state index in [4.69, 9.17) is 4.42 Å². The van der Waals surface area contributed by atoms with Crippen molar-refractivity contribution in [2.45, 2.75) is 19.3 Å². The molecule has 0 radical (unpaired) electrons. The summed E-state index contributed by atoms with van der Waals surface area (Å²) in [5, 5.41) is 9.83. The van der Waals surface area contributed by atoms with Crippen molar-refractivity contribution in [2.75, 3.05) is 5.32 Å². The lowest BCUT2D eigenvalue weighted by atomic mass is 9.69. The smallest absolute Gasteiger partial charge is 0.322 e. The fourth-order valence-electron chi connectivity index (χ4n) is 2.66. The van der Waals surface area contributed by atoms with E-state index >= 15 is 0 Å². The highest BCUT2D eigenvalue weighted by Gasteiger charge is 2.36. The summed E-state index contributed by atoms with van der Waals surface area (Å²) in [5.41, 5.74) is 0. The zero-order chi connectivity index (χ0) is 11.0. The Kier molecular flexibility index (Phi) is 2.23. The second kappa shape index (κ2) is 3.73. The standard InChI is InChI=1S/C11H13N3O2/c15-10(13-11-14-12-6-16-11)9-5-7-1-3-8(9)4-2-7/h1,3,6-9H,2,4-5H2,(H,13,14,15)/t7-,8+,9-/m1/s1. The molecular formula is C11H13N3O2. The molecular weight excluding hydrogens is 206 g/mol. The van der Waals surface area contributed by atoms with Crippen molar-refractivity contribution in [1.82, 2.24) is 10.2 Å². The van der Waals surface area contributed by atoms with Crippen LogP contribution in [0.15, 0.2) is 23.0 Å². The molecule has 1 N–H and O–H groups in total. The van der Waals surface area contributed by atoms with E-state index in [9.17, 15) is 4.79 Å². The number of hydrogen-bond acceptors (Lipinski definition) is 4. The van der Waals surface area contributed by atoms with Gasteiger partial charge in [0.2, 0.25) is 12.3 Å². The molecule has 1 aromatic heterocycles. The molecule has 3 atom stereocenters. The number of carbonyl (C=O) groups excluding carboxylic acids is 1. The third-order valence-corrected chi connectivity index (χ3v) is 3.50. The van der Waals surface area contributed by atoms with E-state index in [0.29, 0.717) is 11.8 Å². The first-order chi connectivity index (χ1) is 7.83. The number of hydrogen-bond donors (Lipinski definition) is 1. The summed E-state index contributed by atoms with van der Waals surface area (Å²) < 4.78 is 4.90. The van der Waals surface area contributed by atoms with Crippen LogP contribution in [0.2, 0.25) is 0 Å². The average molecular weight is 219 g/mol. The van der Waals surface area contributed by atoms with Crippen molar-refractivity contribution in [3.63, 3.8) is 0 Å². The first kappa shape index (κ1) is 9.57. The molecule has 5 heteroatoms. The van der Waals surface area contributed by atoms with Gasteiger partial charge >= 0.3 is 6.01 Å². The molecule has 4 rings (SSSR count). The molecule has 0 aromatic carbocycles. The molecule has 2 bridgehead atoms. The summed E-state index contributed by atoms with van der Waals surface area (Å²) >= 11 is 0. The minimum atomic E-state index is 0.00306. The molecule has 5 nitrogen and oxygen atoms in total. The van der Waals surface area contributed by atoms with Gasteiger partial charge in [-0.25, -0.2) is 0 Å². The summed E-state index contributed by atoms with van der Waals surface area (Å²) in [6.45, 7) is 0. The highest BCUT2D eigenvalue weighted by molar-refractivity contribution is 5.91. The van der Waals surface area contributed by atoms with Crippen LogP contribution >= 0.6 is 0 Å². The van der Waals surface area contributed by atoms with Crippen LogP contribution in [-0.2, 0) is 4.79 Å². The van der Waals surface area contributed by atoms with E-state index < -0.39 is 0 Å². The third-order valence-electron chi connectivity index (χ3n) is 3.50. The molecule has 1 heterocycles. The first-order valence-electron chi connectivity index (χ1n) is 5.58. The highest BCUT2D eigenvalue weighted by atomic mass is 16.4. The number of carbonyl (C=O) groups is 1. The molecule has 1 saturated carbocycles. The van der Waals surface area contributed by atoms with Crippen molar-refractivity contribution >= 4 is 11.9 Å². The highest BCUT2D eigenvalue weighted by Crippen LogP contribution is 2.40. The Morgan fingerprint density at radius 2 is 2.38 bits per heavy atom. The first-order valence-corrected chi connectivity index (χ1v) is 5.58. The van der Waals surface area contributed by atoms with E-state index in [-0.39, 0.29) is 17.8 Å². The van der Waals surface area contributed by atoms with Crippen LogP contribution in [0, 0.1) is 17.8 Å². The lowest BCUT2D eigenvalue weighted by molar-refractivity contribution is -0.122. The van der Waals surface area contributed by atoms with Gasteiger partial charge in [0.25, 0.3) is 0 Å². The van der Waals surface area contributed by atoms with Crippen molar-refractivity contribution in [2.24, 2.45) is 17.8 Å². The minimum absolute atomic E-state index is 0.00306. The maximum atomic E-state index is 12.0. The van der Waals surface area contributed by atoms with E-state index in [0.717, 1.165) is 12.8 Å². The number of aromatic nitrogens is 2. The van der Waals surface area contributed by atoms with Crippen LogP contribution < -0.4 is 5.32 Å². The summed E-state index contributed by atoms with van der Waals surface area (Å²) in [7, 11) is 0. The number of nitrogens with one attached hydrogen (secondary N) is 1. The predicted octanol–water partition coefficient (Wildman–Crippen LogP) is 1.61. The summed E-state index contributed by atoms with van der Waals surface area (Å²) in [6.07, 6.45) is 8.90. The summed E-state index contributed by atoms with van der Waals surface area (Å²) in [4.78, 5) is 12.0. The Morgan fingerprint density at radius 1 is 1.44 bits per heavy atom. The van der Waals surface area contributed by atoms with Gasteiger partial charge in [-0.3, -0.25) is 10.1 Å². The van der Waals surface area contributed by atoms with E-state index in [2.05, 4.69) is 27.7 Å². The number of allylic oxidation sites excluding steroid dienone is 2. The maximum Gasteiger partial charge on any atom is 0.322 e. The molecule has 84 valence electrons. The quantitative estimate of drug-likeness (QED) is 0.767. The Morgan fingerprint density at radius 3 is 2.94 bits per heavy atom. The second-order valence-electron chi connectivity index (χ2n) is 4.46. The fraction of sp³-hybridized carbons (Fsp3) is 0.545. The second-order valence-corrected chi connectivity index (χ2v) is 4.46. The molecule has 0 unspecified atom stereocenters. The van der Waals surface area contributed by atoms with Crippen LogP contribution in [0.3, 0.4) is 0 Å². The molecule has 0 aliphatic heterocycles. The summed E-state index contributed by atoms with van der Waals surface area (Å²) in [5.74, 6) is 1.02. The van der Waals surface area contributed by atoms with Gasteiger partial charge in [-0.15, -0.1) is 5.10 Å². The topological polar surface area (TPSA) is 68.0 Å².